The fourth-order valence-electron chi connectivity index (χ4n) is 1.73. The summed E-state index contributed by atoms with van der Waals surface area (Å²) >= 11 is 0. The van der Waals surface area contributed by atoms with E-state index in [4.69, 9.17) is 14.2 Å². The molecule has 1 aliphatic heterocycles. The summed E-state index contributed by atoms with van der Waals surface area (Å²) in [5.74, 6) is 0.815. The number of hydrogen-bond acceptors (Lipinski definition) is 4. The second-order valence-corrected chi connectivity index (χ2v) is 5.49. The topological polar surface area (TPSA) is 56.8 Å². The van der Waals surface area contributed by atoms with E-state index < -0.39 is 11.7 Å². The number of rotatable bonds is 2. The van der Waals surface area contributed by atoms with Crippen LogP contribution in [0.25, 0.3) is 0 Å². The van der Waals surface area contributed by atoms with Crippen LogP contribution < -0.4 is 5.32 Å². The van der Waals surface area contributed by atoms with Gasteiger partial charge in [0.15, 0.2) is 12.0 Å². The van der Waals surface area contributed by atoms with Crippen molar-refractivity contribution in [3.8, 4) is 0 Å². The van der Waals surface area contributed by atoms with Crippen molar-refractivity contribution >= 4 is 6.09 Å². The van der Waals surface area contributed by atoms with Crippen LogP contribution in [0.15, 0.2) is 48.0 Å². The number of allylic oxidation sites excluding steroid dienone is 4. The minimum absolute atomic E-state index is 0.215. The zero-order valence-corrected chi connectivity index (χ0v) is 11.9. The molecule has 2 aliphatic rings. The lowest BCUT2D eigenvalue weighted by Crippen LogP contribution is -2.33. The van der Waals surface area contributed by atoms with Gasteiger partial charge in [0.05, 0.1) is 0 Å². The molecule has 0 fully saturated rings. The highest BCUT2D eigenvalue weighted by molar-refractivity contribution is 5.69. The molecule has 0 radical (unpaired) electrons. The second kappa shape index (κ2) is 5.86. The van der Waals surface area contributed by atoms with Crippen LogP contribution in [-0.4, -0.2) is 11.7 Å². The molecule has 5 nitrogen and oxygen atoms in total. The third kappa shape index (κ3) is 4.19. The van der Waals surface area contributed by atoms with Crippen LogP contribution in [-0.2, 0) is 14.2 Å². The van der Waals surface area contributed by atoms with Gasteiger partial charge in [-0.15, -0.1) is 0 Å². The van der Waals surface area contributed by atoms with E-state index in [2.05, 4.69) is 11.4 Å². The largest absolute Gasteiger partial charge is 0.463 e. The third-order valence-corrected chi connectivity index (χ3v) is 2.52. The molecule has 108 valence electrons. The predicted molar refractivity (Wildman–Crippen MR) is 74.2 cm³/mol. The molecule has 1 heterocycles. The summed E-state index contributed by atoms with van der Waals surface area (Å²) in [7, 11) is 0. The standard InChI is InChI=1S/C15H19NO4/c1-15(2,3)20-14(17)16-13-10-18-9-12(19-13)11-7-5-4-6-8-11/h4-5,7,9-10H,6,8H2,1-3H3,(H,16,17). The van der Waals surface area contributed by atoms with Gasteiger partial charge in [-0.1, -0.05) is 18.2 Å². The zero-order chi connectivity index (χ0) is 14.6. The lowest BCUT2D eigenvalue weighted by atomic mass is 10.0. The SMILES string of the molecule is CC(C)(C)OC(=O)NC1=COC=C(C2=CC=CCC2)O1. The molecule has 0 saturated carbocycles. The quantitative estimate of drug-likeness (QED) is 0.839. The van der Waals surface area contributed by atoms with Gasteiger partial charge in [0.1, 0.15) is 11.9 Å². The summed E-state index contributed by atoms with van der Waals surface area (Å²) in [6.07, 6.45) is 10.1. The van der Waals surface area contributed by atoms with Gasteiger partial charge in [0.2, 0.25) is 5.88 Å². The monoisotopic (exact) mass is 277 g/mol. The van der Waals surface area contributed by atoms with E-state index in [0.29, 0.717) is 5.76 Å². The van der Waals surface area contributed by atoms with E-state index in [1.807, 2.05) is 12.2 Å². The van der Waals surface area contributed by atoms with Crippen molar-refractivity contribution < 1.29 is 19.0 Å². The molecule has 1 N–H and O–H groups in total. The molecule has 1 amide bonds. The first-order valence-corrected chi connectivity index (χ1v) is 6.54. The maximum absolute atomic E-state index is 11.7. The first kappa shape index (κ1) is 14.2. The van der Waals surface area contributed by atoms with E-state index in [-0.39, 0.29) is 5.88 Å². The number of hydrogen-bond donors (Lipinski definition) is 1. The first-order chi connectivity index (χ1) is 9.44. The number of carbonyl (C=O) groups is 1. The number of nitrogens with one attached hydrogen (secondary N) is 1. The Hall–Kier alpha value is -2.17. The highest BCUT2D eigenvalue weighted by Gasteiger charge is 2.20. The predicted octanol–water partition coefficient (Wildman–Crippen LogP) is 3.47. The smallest absolute Gasteiger partial charge is 0.414 e. The molecule has 0 spiro atoms. The van der Waals surface area contributed by atoms with Crippen molar-refractivity contribution in [3.63, 3.8) is 0 Å². The van der Waals surface area contributed by atoms with E-state index in [1.165, 1.54) is 12.5 Å². The van der Waals surface area contributed by atoms with Crippen molar-refractivity contribution in [2.75, 3.05) is 0 Å². The Morgan fingerprint density at radius 2 is 2.15 bits per heavy atom. The Kier molecular flexibility index (Phi) is 4.17. The van der Waals surface area contributed by atoms with E-state index >= 15 is 0 Å². The lowest BCUT2D eigenvalue weighted by Gasteiger charge is -2.22. The molecule has 0 atom stereocenters. The fraction of sp³-hybridized carbons (Fsp3) is 0.400. The maximum Gasteiger partial charge on any atom is 0.414 e. The van der Waals surface area contributed by atoms with Crippen LogP contribution in [0.1, 0.15) is 33.6 Å². The highest BCUT2D eigenvalue weighted by atomic mass is 16.6. The molecule has 2 rings (SSSR count). The number of amides is 1. The minimum Gasteiger partial charge on any atom is -0.463 e. The Balaban J connectivity index is 1.92. The molecule has 0 unspecified atom stereocenters. The lowest BCUT2D eigenvalue weighted by molar-refractivity contribution is 0.0500. The number of alkyl carbamates (subject to hydrolysis) is 1. The third-order valence-electron chi connectivity index (χ3n) is 2.52. The van der Waals surface area contributed by atoms with E-state index in [9.17, 15) is 4.79 Å². The van der Waals surface area contributed by atoms with Crippen LogP contribution in [0.4, 0.5) is 4.79 Å². The number of ether oxygens (including phenoxy) is 3. The van der Waals surface area contributed by atoms with Crippen molar-refractivity contribution in [2.24, 2.45) is 0 Å². The van der Waals surface area contributed by atoms with Gasteiger partial charge in [-0.25, -0.2) is 4.79 Å². The van der Waals surface area contributed by atoms with Crippen LogP contribution in [0, 0.1) is 0 Å². The summed E-state index contributed by atoms with van der Waals surface area (Å²) in [5.41, 5.74) is 0.472. The van der Waals surface area contributed by atoms with Gasteiger partial charge < -0.3 is 14.2 Å². The summed E-state index contributed by atoms with van der Waals surface area (Å²) in [5, 5.41) is 2.51. The van der Waals surface area contributed by atoms with Gasteiger partial charge in [-0.3, -0.25) is 5.32 Å². The fourth-order valence-corrected chi connectivity index (χ4v) is 1.73. The average molecular weight is 277 g/mol. The van der Waals surface area contributed by atoms with Gasteiger partial charge in [-0.05, 0) is 39.2 Å². The van der Waals surface area contributed by atoms with E-state index in [1.54, 1.807) is 20.8 Å². The Morgan fingerprint density at radius 3 is 2.80 bits per heavy atom. The summed E-state index contributed by atoms with van der Waals surface area (Å²) in [6, 6.07) is 0. The van der Waals surface area contributed by atoms with E-state index in [0.717, 1.165) is 18.4 Å². The highest BCUT2D eigenvalue weighted by Crippen LogP contribution is 2.25. The summed E-state index contributed by atoms with van der Waals surface area (Å²) < 4.78 is 15.9. The minimum atomic E-state index is -0.578. The van der Waals surface area contributed by atoms with Crippen LogP contribution in [0.3, 0.4) is 0 Å². The van der Waals surface area contributed by atoms with Gasteiger partial charge in [-0.2, -0.15) is 0 Å². The molecule has 0 aromatic heterocycles. The maximum atomic E-state index is 11.7. The van der Waals surface area contributed by atoms with Gasteiger partial charge >= 0.3 is 6.09 Å². The molecular formula is C15H19NO4. The normalized spacial score (nSPS) is 18.1. The first-order valence-electron chi connectivity index (χ1n) is 6.54. The summed E-state index contributed by atoms with van der Waals surface area (Å²) in [4.78, 5) is 11.7. The van der Waals surface area contributed by atoms with Crippen molar-refractivity contribution in [1.82, 2.24) is 5.32 Å². The number of carbonyl (C=O) groups excluding carboxylic acids is 1. The Bertz CT molecular complexity index is 506. The van der Waals surface area contributed by atoms with Crippen LogP contribution >= 0.6 is 0 Å². The van der Waals surface area contributed by atoms with Crippen LogP contribution in [0.2, 0.25) is 0 Å². The molecule has 0 aromatic rings. The molecule has 0 saturated heterocycles. The molecule has 20 heavy (non-hydrogen) atoms. The van der Waals surface area contributed by atoms with Crippen molar-refractivity contribution in [1.29, 1.82) is 0 Å². The van der Waals surface area contributed by atoms with Crippen LogP contribution in [0.5, 0.6) is 0 Å². The zero-order valence-electron chi connectivity index (χ0n) is 11.9. The molecule has 1 aliphatic carbocycles. The Morgan fingerprint density at radius 1 is 1.35 bits per heavy atom. The Labute approximate surface area is 118 Å². The second-order valence-electron chi connectivity index (χ2n) is 5.49. The molecule has 0 aromatic carbocycles. The summed E-state index contributed by atoms with van der Waals surface area (Å²) in [6.45, 7) is 5.39. The molecule has 5 heteroatoms. The van der Waals surface area contributed by atoms with Crippen molar-refractivity contribution in [3.05, 3.63) is 48.0 Å². The molecular weight excluding hydrogens is 258 g/mol. The van der Waals surface area contributed by atoms with Gasteiger partial charge in [0, 0.05) is 0 Å². The van der Waals surface area contributed by atoms with Gasteiger partial charge in [0.25, 0.3) is 0 Å². The average Bonchev–Trinajstić information content (AvgIpc) is 2.38. The van der Waals surface area contributed by atoms with Crippen molar-refractivity contribution in [2.45, 2.75) is 39.2 Å². The molecule has 0 bridgehead atoms.